The fourth-order valence-corrected chi connectivity index (χ4v) is 13.5. The number of carbonyl (C=O) groups excluding carboxylic acids is 2. The third-order valence-corrected chi connectivity index (χ3v) is 17.6. The Kier molecular flexibility index (Phi) is 23.9. The van der Waals surface area contributed by atoms with Gasteiger partial charge in [0.25, 0.3) is 0 Å². The minimum atomic E-state index is -4.46. The molecule has 378 valence electrons. The molecule has 10 atom stereocenters. The number of phosphoric acid groups is 1. The topological polar surface area (TPSA) is 118 Å². The first-order valence-corrected chi connectivity index (χ1v) is 28.5. The van der Waals surface area contributed by atoms with Gasteiger partial charge in [0.05, 0.1) is 27.7 Å². The van der Waals surface area contributed by atoms with Gasteiger partial charge in [-0.3, -0.25) is 13.8 Å². The zero-order chi connectivity index (χ0) is 47.5. The first kappa shape index (κ1) is 56.1. The summed E-state index contributed by atoms with van der Waals surface area (Å²) in [5.74, 6) is 4.17. The van der Waals surface area contributed by atoms with E-state index in [9.17, 15) is 19.0 Å². The number of nitrogens with zero attached hydrogens (tertiary/aromatic N) is 1. The fourth-order valence-electron chi connectivity index (χ4n) is 12.7. The number of phosphoric ester groups is 1. The molecule has 1 unspecified atom stereocenters. The second-order valence-electron chi connectivity index (χ2n) is 23.3. The maximum atomic E-state index is 13.4. The number of esters is 1. The lowest BCUT2D eigenvalue weighted by Gasteiger charge is -2.58. The molecule has 0 radical (unpaired) electrons. The van der Waals surface area contributed by atoms with Crippen molar-refractivity contribution in [3.8, 4) is 0 Å². The number of carbonyl (C=O) groups is 2. The van der Waals surface area contributed by atoms with E-state index in [0.29, 0.717) is 28.8 Å². The summed E-state index contributed by atoms with van der Waals surface area (Å²) in [6.07, 6.45) is 32.0. The van der Waals surface area contributed by atoms with E-state index in [1.807, 2.05) is 21.1 Å². The molecular weight excluding hydrogens is 838 g/mol. The van der Waals surface area contributed by atoms with Crippen molar-refractivity contribution in [1.29, 1.82) is 0 Å². The molecule has 0 aromatic carbocycles. The molecule has 65 heavy (non-hydrogen) atoms. The summed E-state index contributed by atoms with van der Waals surface area (Å²) in [4.78, 5) is 36.6. The van der Waals surface area contributed by atoms with Crippen LogP contribution in [0.1, 0.15) is 215 Å². The van der Waals surface area contributed by atoms with Gasteiger partial charge in [-0.25, -0.2) is 9.36 Å². The summed E-state index contributed by atoms with van der Waals surface area (Å²) in [6, 6.07) is 0. The van der Waals surface area contributed by atoms with Crippen molar-refractivity contribution in [2.24, 2.45) is 46.3 Å². The summed E-state index contributed by atoms with van der Waals surface area (Å²) in [7, 11) is 1.40. The minimum absolute atomic E-state index is 0.00933. The number of likely N-dealkylation sites (N-methyl/N-ethyl adjacent to an activating group) is 1. The second-order valence-corrected chi connectivity index (χ2v) is 24.7. The van der Waals surface area contributed by atoms with Crippen molar-refractivity contribution < 1.29 is 46.8 Å². The smallest absolute Gasteiger partial charge is 0.462 e. The molecule has 0 bridgehead atoms. The number of ether oxygens (including phenoxy) is 3. The van der Waals surface area contributed by atoms with Gasteiger partial charge in [-0.05, 0) is 97.7 Å². The van der Waals surface area contributed by atoms with Gasteiger partial charge in [0.2, 0.25) is 0 Å². The maximum absolute atomic E-state index is 13.4. The zero-order valence-corrected chi connectivity index (χ0v) is 44.1. The predicted octanol–water partition coefficient (Wildman–Crippen LogP) is 14.6. The van der Waals surface area contributed by atoms with E-state index in [0.717, 1.165) is 68.1 Å². The van der Waals surface area contributed by atoms with Crippen LogP contribution >= 0.6 is 7.82 Å². The van der Waals surface area contributed by atoms with Crippen LogP contribution in [0.5, 0.6) is 0 Å². The predicted molar refractivity (Wildman–Crippen MR) is 263 cm³/mol. The number of fused-ring (bicyclic) bond motifs is 5. The Morgan fingerprint density at radius 2 is 1.42 bits per heavy atom. The van der Waals surface area contributed by atoms with Crippen LogP contribution in [0.4, 0.5) is 4.79 Å². The molecule has 0 heterocycles. The molecule has 0 aliphatic heterocycles. The monoisotopic (exact) mass is 937 g/mol. The molecule has 4 aliphatic rings. The Morgan fingerprint density at radius 3 is 2.03 bits per heavy atom. The fraction of sp³-hybridized carbons (Fsp3) is 0.926. The van der Waals surface area contributed by atoms with Gasteiger partial charge in [0.15, 0.2) is 6.10 Å². The maximum Gasteiger partial charge on any atom is 0.509 e. The van der Waals surface area contributed by atoms with Crippen LogP contribution in [0.15, 0.2) is 11.6 Å². The zero-order valence-electron chi connectivity index (χ0n) is 43.2. The van der Waals surface area contributed by atoms with E-state index in [1.54, 1.807) is 0 Å². The Balaban J connectivity index is 1.22. The van der Waals surface area contributed by atoms with Crippen LogP contribution in [0.3, 0.4) is 0 Å². The largest absolute Gasteiger partial charge is 0.509 e. The van der Waals surface area contributed by atoms with E-state index in [-0.39, 0.29) is 31.2 Å². The molecule has 0 amide bonds. The van der Waals surface area contributed by atoms with Crippen molar-refractivity contribution in [3.05, 3.63) is 11.6 Å². The van der Waals surface area contributed by atoms with Crippen LogP contribution in [0.2, 0.25) is 0 Å². The number of unbranched alkanes of at least 4 members (excludes halogenated alkanes) is 14. The van der Waals surface area contributed by atoms with Crippen LogP contribution < -0.4 is 0 Å². The average Bonchev–Trinajstić information content (AvgIpc) is 3.60. The standard InChI is InChI=1S/C54H98NO9P/c1-10-11-12-13-14-15-16-17-18-19-20-21-22-23-24-28-51(56)60-40-46(41-62-65(58,59)61-38-37-55(7,8)9)64-52(57)63-45-33-35-53(5)44(39-45)29-30-47-49-32-31-48(43(4)27-25-26-42(2)3)54(49,6)36-34-50(47)53/h29,42-43,45-50H,10-28,30-41H2,1-9H3/p+1/t43-,45+,46+,47+,48-,49+,50+,53+,54-/m1/s1. The quantitative estimate of drug-likeness (QED) is 0.0231. The van der Waals surface area contributed by atoms with Gasteiger partial charge in [0.1, 0.15) is 25.9 Å². The van der Waals surface area contributed by atoms with E-state index >= 15 is 0 Å². The number of allylic oxidation sites excluding steroid dienone is 1. The number of hydrogen-bond donors (Lipinski definition) is 1. The highest BCUT2D eigenvalue weighted by Crippen LogP contribution is 2.67. The van der Waals surface area contributed by atoms with Crippen molar-refractivity contribution in [3.63, 3.8) is 0 Å². The van der Waals surface area contributed by atoms with Gasteiger partial charge >= 0.3 is 19.9 Å². The summed E-state index contributed by atoms with van der Waals surface area (Å²) in [5.41, 5.74) is 1.97. The molecule has 0 saturated heterocycles. The molecule has 1 N–H and O–H groups in total. The molecule has 0 aromatic rings. The Labute approximate surface area is 398 Å². The molecule has 4 aliphatic carbocycles. The lowest BCUT2D eigenvalue weighted by molar-refractivity contribution is -0.870. The summed E-state index contributed by atoms with van der Waals surface area (Å²) in [5, 5.41) is 0. The molecule has 0 spiro atoms. The molecule has 3 fully saturated rings. The lowest BCUT2D eigenvalue weighted by Crippen LogP contribution is -2.51. The molecule has 4 rings (SSSR count). The molecule has 10 nitrogen and oxygen atoms in total. The van der Waals surface area contributed by atoms with Crippen molar-refractivity contribution in [1.82, 2.24) is 0 Å². The Hall–Kier alpha value is -1.45. The van der Waals surface area contributed by atoms with Gasteiger partial charge in [-0.15, -0.1) is 0 Å². The third kappa shape index (κ3) is 18.8. The highest BCUT2D eigenvalue weighted by Gasteiger charge is 2.59. The molecule has 11 heteroatoms. The van der Waals surface area contributed by atoms with Crippen LogP contribution in [0, 0.1) is 46.3 Å². The third-order valence-electron chi connectivity index (χ3n) is 16.6. The van der Waals surface area contributed by atoms with Gasteiger partial charge in [0, 0.05) is 12.8 Å². The van der Waals surface area contributed by atoms with Crippen LogP contribution in [0.25, 0.3) is 0 Å². The molecular formula is C54H99NO9P+. The number of hydrogen-bond acceptors (Lipinski definition) is 8. The van der Waals surface area contributed by atoms with Gasteiger partial charge in [-0.2, -0.15) is 0 Å². The van der Waals surface area contributed by atoms with E-state index < -0.39 is 32.7 Å². The van der Waals surface area contributed by atoms with Crippen LogP contribution in [-0.2, 0) is 32.6 Å². The summed E-state index contributed by atoms with van der Waals surface area (Å²) < 4.78 is 41.0. The van der Waals surface area contributed by atoms with Crippen LogP contribution in [-0.4, -0.2) is 81.2 Å². The highest BCUT2D eigenvalue weighted by molar-refractivity contribution is 7.47. The first-order valence-electron chi connectivity index (χ1n) is 27.0. The highest BCUT2D eigenvalue weighted by atomic mass is 31.2. The summed E-state index contributed by atoms with van der Waals surface area (Å²) in [6.45, 7) is 14.3. The molecule has 3 saturated carbocycles. The second kappa shape index (κ2) is 27.7. The Morgan fingerprint density at radius 1 is 0.785 bits per heavy atom. The van der Waals surface area contributed by atoms with E-state index in [1.165, 1.54) is 128 Å². The average molecular weight is 937 g/mol. The van der Waals surface area contributed by atoms with Gasteiger partial charge in [-0.1, -0.05) is 162 Å². The number of quaternary nitrogens is 1. The normalized spacial score (nSPS) is 28.4. The lowest BCUT2D eigenvalue weighted by atomic mass is 9.47. The Bertz CT molecular complexity index is 1480. The number of rotatable bonds is 32. The van der Waals surface area contributed by atoms with Gasteiger partial charge < -0.3 is 23.6 Å². The van der Waals surface area contributed by atoms with E-state index in [2.05, 4.69) is 47.6 Å². The molecule has 0 aromatic heterocycles. The van der Waals surface area contributed by atoms with Crippen molar-refractivity contribution in [2.45, 2.75) is 227 Å². The first-order chi connectivity index (χ1) is 30.9. The summed E-state index contributed by atoms with van der Waals surface area (Å²) >= 11 is 0. The SMILES string of the molecule is CCCCCCCCCCCCCCCCCC(=O)OC[C@@H](COP(=O)(O)OCC[N+](C)(C)C)OC(=O)O[C@H]1CC[C@@]2(C)C(=CC[C@H]3[C@@H]4CC[C@H]([C@H](C)CCCC(C)C)[C@@]4(C)CC[C@@H]32)C1. The minimum Gasteiger partial charge on any atom is -0.462 e. The van der Waals surface area contributed by atoms with Crippen molar-refractivity contribution in [2.75, 3.05) is 47.5 Å². The van der Waals surface area contributed by atoms with E-state index in [4.69, 9.17) is 23.3 Å². The van der Waals surface area contributed by atoms with Crippen molar-refractivity contribution >= 4 is 19.9 Å².